The molecule has 0 unspecified atom stereocenters. The quantitative estimate of drug-likeness (QED) is 0.233. The molecule has 0 saturated heterocycles. The lowest BCUT2D eigenvalue weighted by Gasteiger charge is -2.15. The second kappa shape index (κ2) is 7.45. The van der Waals surface area contributed by atoms with Crippen molar-refractivity contribution in [2.75, 3.05) is 25.6 Å². The molecule has 8 heteroatoms. The molecular weight excluding hydrogens is 350 g/mol. The maximum atomic E-state index is 11.6. The summed E-state index contributed by atoms with van der Waals surface area (Å²) in [5, 5.41) is 15.9. The van der Waals surface area contributed by atoms with E-state index >= 15 is 0 Å². The highest BCUT2D eigenvalue weighted by atomic mass is 16.6. The third kappa shape index (κ3) is 3.59. The van der Waals surface area contributed by atoms with Crippen LogP contribution in [-0.4, -0.2) is 36.1 Å². The summed E-state index contributed by atoms with van der Waals surface area (Å²) in [6, 6.07) is 8.54. The monoisotopic (exact) mass is 369 g/mol. The summed E-state index contributed by atoms with van der Waals surface area (Å²) >= 11 is 0. The smallest absolute Gasteiger partial charge is 0.302 e. The van der Waals surface area contributed by atoms with Crippen molar-refractivity contribution in [2.24, 2.45) is 0 Å². The lowest BCUT2D eigenvalue weighted by atomic mass is 10.0. The van der Waals surface area contributed by atoms with Crippen LogP contribution in [0.2, 0.25) is 0 Å². The minimum atomic E-state index is -0.424. The molecule has 3 aromatic rings. The first-order valence-corrected chi connectivity index (χ1v) is 8.35. The van der Waals surface area contributed by atoms with Gasteiger partial charge in [0.15, 0.2) is 0 Å². The van der Waals surface area contributed by atoms with E-state index in [-0.39, 0.29) is 18.3 Å². The summed E-state index contributed by atoms with van der Waals surface area (Å²) in [7, 11) is 1.55. The molecule has 0 fully saturated rings. The number of methoxy groups -OCH3 is 1. The normalized spacial score (nSPS) is 10.8. The van der Waals surface area contributed by atoms with Crippen LogP contribution in [0.15, 0.2) is 30.3 Å². The average molecular weight is 369 g/mol. The van der Waals surface area contributed by atoms with Gasteiger partial charge in [0.05, 0.1) is 28.8 Å². The van der Waals surface area contributed by atoms with Crippen molar-refractivity contribution >= 4 is 39.1 Å². The molecule has 27 heavy (non-hydrogen) atoms. The Morgan fingerprint density at radius 1 is 1.30 bits per heavy atom. The lowest BCUT2D eigenvalue weighted by molar-refractivity contribution is -0.383. The number of ether oxygens (including phenoxy) is 2. The zero-order valence-corrected chi connectivity index (χ0v) is 15.2. The van der Waals surface area contributed by atoms with Gasteiger partial charge in [-0.2, -0.15) is 0 Å². The van der Waals surface area contributed by atoms with E-state index in [0.717, 1.165) is 5.56 Å². The van der Waals surface area contributed by atoms with Gasteiger partial charge in [-0.05, 0) is 30.7 Å². The number of hydrogen-bond acceptors (Lipinski definition) is 7. The highest BCUT2D eigenvalue weighted by Crippen LogP contribution is 2.39. The molecule has 0 bridgehead atoms. The Balaban J connectivity index is 2.26. The molecule has 0 aliphatic rings. The number of nitro benzene ring substituents is 1. The van der Waals surface area contributed by atoms with E-state index in [1.54, 1.807) is 25.3 Å². The molecule has 1 N–H and O–H groups in total. The first kappa shape index (κ1) is 18.4. The van der Waals surface area contributed by atoms with Crippen LogP contribution in [0, 0.1) is 17.0 Å². The molecule has 1 aromatic heterocycles. The fourth-order valence-corrected chi connectivity index (χ4v) is 2.98. The van der Waals surface area contributed by atoms with Crippen LogP contribution in [0.1, 0.15) is 12.5 Å². The number of non-ortho nitro benzene ring substituents is 1. The molecule has 0 radical (unpaired) electrons. The second-order valence-electron chi connectivity index (χ2n) is 6.02. The minimum Gasteiger partial charge on any atom is -0.497 e. The molecule has 0 aliphatic carbocycles. The number of nitro groups is 1. The predicted molar refractivity (Wildman–Crippen MR) is 102 cm³/mol. The highest BCUT2D eigenvalue weighted by molar-refractivity contribution is 6.12. The Kier molecular flexibility index (Phi) is 5.07. The van der Waals surface area contributed by atoms with Gasteiger partial charge in [0.1, 0.15) is 17.7 Å². The lowest BCUT2D eigenvalue weighted by Crippen LogP contribution is -2.13. The zero-order chi connectivity index (χ0) is 19.6. The molecule has 2 aromatic carbocycles. The molecule has 0 spiro atoms. The van der Waals surface area contributed by atoms with Gasteiger partial charge in [-0.1, -0.05) is 6.07 Å². The Labute approximate surface area is 155 Å². The molecule has 1 heterocycles. The predicted octanol–water partition coefficient (Wildman–Crippen LogP) is 3.59. The molecule has 0 amide bonds. The SMILES string of the molecule is COc1ccc2nc3c(C)ccc([N+](=O)[O-])c3c(NCCOC(C)=O)c2c1. The number of anilines is 1. The van der Waals surface area contributed by atoms with Crippen LogP contribution in [0.25, 0.3) is 21.8 Å². The molecular formula is C19H19N3O5. The number of aryl methyl sites for hydroxylation is 1. The average Bonchev–Trinajstić information content (AvgIpc) is 2.64. The number of aromatic nitrogens is 1. The number of pyridine rings is 1. The minimum absolute atomic E-state index is 0.0391. The number of rotatable bonds is 6. The van der Waals surface area contributed by atoms with Crippen molar-refractivity contribution in [3.8, 4) is 5.75 Å². The summed E-state index contributed by atoms with van der Waals surface area (Å²) in [5.41, 5.74) is 2.59. The number of carbonyl (C=O) groups is 1. The molecule has 140 valence electrons. The largest absolute Gasteiger partial charge is 0.497 e. The maximum absolute atomic E-state index is 11.6. The fourth-order valence-electron chi connectivity index (χ4n) is 2.98. The molecule has 0 saturated carbocycles. The van der Waals surface area contributed by atoms with Crippen molar-refractivity contribution in [1.29, 1.82) is 0 Å². The van der Waals surface area contributed by atoms with Crippen LogP contribution >= 0.6 is 0 Å². The number of hydrogen-bond donors (Lipinski definition) is 1. The van der Waals surface area contributed by atoms with E-state index in [1.165, 1.54) is 13.0 Å². The van der Waals surface area contributed by atoms with Gasteiger partial charge >= 0.3 is 5.97 Å². The van der Waals surface area contributed by atoms with Crippen molar-refractivity contribution in [3.05, 3.63) is 46.0 Å². The standard InChI is InChI=1S/C19H19N3O5/c1-11-4-7-16(22(24)25)17-18(11)21-15-6-5-13(26-3)10-14(15)19(17)20-8-9-27-12(2)23/h4-7,10H,8-9H2,1-3H3,(H,20,21). The van der Waals surface area contributed by atoms with Crippen molar-refractivity contribution in [1.82, 2.24) is 4.98 Å². The van der Waals surface area contributed by atoms with E-state index < -0.39 is 4.92 Å². The van der Waals surface area contributed by atoms with Gasteiger partial charge in [0.25, 0.3) is 5.69 Å². The zero-order valence-electron chi connectivity index (χ0n) is 15.2. The fraction of sp³-hybridized carbons (Fsp3) is 0.263. The Morgan fingerprint density at radius 2 is 2.07 bits per heavy atom. The summed E-state index contributed by atoms with van der Waals surface area (Å²) < 4.78 is 10.2. The van der Waals surface area contributed by atoms with Crippen LogP contribution in [0.4, 0.5) is 11.4 Å². The number of esters is 1. The first-order valence-electron chi connectivity index (χ1n) is 8.35. The van der Waals surface area contributed by atoms with E-state index in [9.17, 15) is 14.9 Å². The van der Waals surface area contributed by atoms with Gasteiger partial charge in [0, 0.05) is 24.9 Å². The van der Waals surface area contributed by atoms with Gasteiger partial charge in [-0.3, -0.25) is 14.9 Å². The van der Waals surface area contributed by atoms with Crippen molar-refractivity contribution in [3.63, 3.8) is 0 Å². The Hall–Kier alpha value is -3.42. The second-order valence-corrected chi connectivity index (χ2v) is 6.02. The Bertz CT molecular complexity index is 1050. The number of nitrogens with one attached hydrogen (secondary N) is 1. The van der Waals surface area contributed by atoms with Crippen LogP contribution in [0.3, 0.4) is 0 Å². The topological polar surface area (TPSA) is 104 Å². The third-order valence-corrected chi connectivity index (χ3v) is 4.22. The van der Waals surface area contributed by atoms with Crippen molar-refractivity contribution < 1.29 is 19.2 Å². The van der Waals surface area contributed by atoms with Gasteiger partial charge in [-0.15, -0.1) is 0 Å². The summed E-state index contributed by atoms with van der Waals surface area (Å²) in [6.45, 7) is 3.63. The highest BCUT2D eigenvalue weighted by Gasteiger charge is 2.21. The van der Waals surface area contributed by atoms with Crippen LogP contribution in [-0.2, 0) is 9.53 Å². The molecule has 0 atom stereocenters. The summed E-state index contributed by atoms with van der Waals surface area (Å²) in [4.78, 5) is 26.8. The van der Waals surface area contributed by atoms with E-state index in [4.69, 9.17) is 9.47 Å². The molecule has 0 aliphatic heterocycles. The number of fused-ring (bicyclic) bond motifs is 2. The summed E-state index contributed by atoms with van der Waals surface area (Å²) in [5.74, 6) is 0.228. The maximum Gasteiger partial charge on any atom is 0.302 e. The van der Waals surface area contributed by atoms with E-state index in [1.807, 2.05) is 13.0 Å². The number of carbonyl (C=O) groups excluding carboxylic acids is 1. The van der Waals surface area contributed by atoms with Gasteiger partial charge < -0.3 is 14.8 Å². The van der Waals surface area contributed by atoms with Crippen LogP contribution < -0.4 is 10.1 Å². The van der Waals surface area contributed by atoms with Gasteiger partial charge in [0.2, 0.25) is 0 Å². The van der Waals surface area contributed by atoms with E-state index in [2.05, 4.69) is 10.3 Å². The van der Waals surface area contributed by atoms with Crippen LogP contribution in [0.5, 0.6) is 5.75 Å². The van der Waals surface area contributed by atoms with E-state index in [0.29, 0.717) is 39.8 Å². The summed E-state index contributed by atoms with van der Waals surface area (Å²) in [6.07, 6.45) is 0. The third-order valence-electron chi connectivity index (χ3n) is 4.22. The van der Waals surface area contributed by atoms with Crippen molar-refractivity contribution in [2.45, 2.75) is 13.8 Å². The Morgan fingerprint density at radius 3 is 2.74 bits per heavy atom. The molecule has 3 rings (SSSR count). The van der Waals surface area contributed by atoms with Gasteiger partial charge in [-0.25, -0.2) is 4.98 Å². The number of nitrogens with zero attached hydrogens (tertiary/aromatic N) is 2. The first-order chi connectivity index (χ1) is 12.9. The molecule has 8 nitrogen and oxygen atoms in total. The number of benzene rings is 2.